The van der Waals surface area contributed by atoms with E-state index in [1.807, 2.05) is 24.3 Å². The van der Waals surface area contributed by atoms with Crippen molar-refractivity contribution < 1.29 is 9.59 Å². The van der Waals surface area contributed by atoms with Gasteiger partial charge in [-0.15, -0.1) is 0 Å². The minimum Gasteiger partial charge on any atom is -0.288 e. The first kappa shape index (κ1) is 9.54. The molecular weight excluding hydrogens is 270 g/mol. The Morgan fingerprint density at radius 1 is 1.00 bits per heavy atom. The molecular formula is C12H6BrNO2. The number of hydrogen-bond donors (Lipinski definition) is 1. The van der Waals surface area contributed by atoms with Crippen molar-refractivity contribution in [3.05, 3.63) is 45.9 Å². The van der Waals surface area contributed by atoms with Gasteiger partial charge in [0.25, 0.3) is 11.8 Å². The Morgan fingerprint density at radius 2 is 1.69 bits per heavy atom. The Bertz CT molecular complexity index is 649. The largest absolute Gasteiger partial charge is 0.288 e. The fourth-order valence-corrected chi connectivity index (χ4v) is 2.56. The van der Waals surface area contributed by atoms with Crippen molar-refractivity contribution in [2.75, 3.05) is 0 Å². The standard InChI is InChI=1S/C12H6BrNO2/c13-9-5-8-10(12(16)14-11(8)15)7-4-2-1-3-6(7)9/h1-5H,(H,14,15,16). The second-order valence-electron chi connectivity index (χ2n) is 3.61. The molecule has 4 heteroatoms. The molecule has 3 nitrogen and oxygen atoms in total. The Kier molecular flexibility index (Phi) is 1.88. The second kappa shape index (κ2) is 3.15. The topological polar surface area (TPSA) is 46.2 Å². The minimum atomic E-state index is -0.327. The highest BCUT2D eigenvalue weighted by molar-refractivity contribution is 9.10. The van der Waals surface area contributed by atoms with Crippen LogP contribution < -0.4 is 5.32 Å². The number of carbonyl (C=O) groups is 2. The van der Waals surface area contributed by atoms with Crippen LogP contribution in [0.2, 0.25) is 0 Å². The number of benzene rings is 2. The number of fused-ring (bicyclic) bond motifs is 3. The lowest BCUT2D eigenvalue weighted by atomic mass is 10.0. The second-order valence-corrected chi connectivity index (χ2v) is 4.46. The highest BCUT2D eigenvalue weighted by atomic mass is 79.9. The Balaban J connectivity index is 2.53. The van der Waals surface area contributed by atoms with Gasteiger partial charge in [0.1, 0.15) is 0 Å². The third-order valence-electron chi connectivity index (χ3n) is 2.69. The van der Waals surface area contributed by atoms with Crippen LogP contribution in [0, 0.1) is 0 Å². The summed E-state index contributed by atoms with van der Waals surface area (Å²) in [5.41, 5.74) is 0.916. The van der Waals surface area contributed by atoms with E-state index in [0.717, 1.165) is 15.2 Å². The van der Waals surface area contributed by atoms with Gasteiger partial charge in [0, 0.05) is 4.47 Å². The van der Waals surface area contributed by atoms with Gasteiger partial charge in [-0.2, -0.15) is 0 Å². The van der Waals surface area contributed by atoms with Gasteiger partial charge in [0.2, 0.25) is 0 Å². The van der Waals surface area contributed by atoms with E-state index in [1.165, 1.54) is 0 Å². The zero-order valence-corrected chi connectivity index (χ0v) is 9.67. The molecule has 2 amide bonds. The molecule has 0 radical (unpaired) electrons. The van der Waals surface area contributed by atoms with E-state index in [2.05, 4.69) is 21.2 Å². The van der Waals surface area contributed by atoms with Crippen molar-refractivity contribution in [1.29, 1.82) is 0 Å². The van der Waals surface area contributed by atoms with Crippen LogP contribution in [0.5, 0.6) is 0 Å². The van der Waals surface area contributed by atoms with E-state index in [1.54, 1.807) is 6.07 Å². The summed E-state index contributed by atoms with van der Waals surface area (Å²) in [6.45, 7) is 0. The smallest absolute Gasteiger partial charge is 0.259 e. The van der Waals surface area contributed by atoms with Crippen molar-refractivity contribution in [1.82, 2.24) is 5.32 Å². The summed E-state index contributed by atoms with van der Waals surface area (Å²) >= 11 is 3.41. The third-order valence-corrected chi connectivity index (χ3v) is 3.35. The van der Waals surface area contributed by atoms with Crippen molar-refractivity contribution in [3.63, 3.8) is 0 Å². The van der Waals surface area contributed by atoms with E-state index in [0.29, 0.717) is 11.1 Å². The molecule has 2 aromatic carbocycles. The average molecular weight is 276 g/mol. The lowest BCUT2D eigenvalue weighted by Gasteiger charge is -2.04. The number of nitrogens with one attached hydrogen (secondary N) is 1. The first-order chi connectivity index (χ1) is 7.68. The number of halogens is 1. The Labute approximate surface area is 99.6 Å². The maximum absolute atomic E-state index is 11.7. The van der Waals surface area contributed by atoms with E-state index >= 15 is 0 Å². The monoisotopic (exact) mass is 275 g/mol. The van der Waals surface area contributed by atoms with Crippen LogP contribution in [0.4, 0.5) is 0 Å². The average Bonchev–Trinajstić information content (AvgIpc) is 2.55. The van der Waals surface area contributed by atoms with Gasteiger partial charge in [0.05, 0.1) is 11.1 Å². The van der Waals surface area contributed by atoms with Gasteiger partial charge < -0.3 is 0 Å². The van der Waals surface area contributed by atoms with Crippen LogP contribution in [-0.4, -0.2) is 11.8 Å². The molecule has 0 fully saturated rings. The number of imide groups is 1. The molecule has 0 atom stereocenters. The maximum Gasteiger partial charge on any atom is 0.259 e. The predicted molar refractivity (Wildman–Crippen MR) is 63.4 cm³/mol. The minimum absolute atomic E-state index is 0.316. The van der Waals surface area contributed by atoms with Crippen LogP contribution in [0.25, 0.3) is 10.8 Å². The van der Waals surface area contributed by atoms with E-state index < -0.39 is 0 Å². The SMILES string of the molecule is O=C1NC(=O)c2c1cc(Br)c1ccccc21. The highest BCUT2D eigenvalue weighted by Crippen LogP contribution is 2.32. The molecule has 0 saturated carbocycles. The van der Waals surface area contributed by atoms with Crippen LogP contribution >= 0.6 is 15.9 Å². The maximum atomic E-state index is 11.7. The predicted octanol–water partition coefficient (Wildman–Crippen LogP) is 2.49. The van der Waals surface area contributed by atoms with Gasteiger partial charge in [-0.1, -0.05) is 40.2 Å². The van der Waals surface area contributed by atoms with Crippen molar-refractivity contribution in [2.24, 2.45) is 0 Å². The summed E-state index contributed by atoms with van der Waals surface area (Å²) < 4.78 is 0.826. The van der Waals surface area contributed by atoms with Crippen molar-refractivity contribution >= 4 is 38.5 Å². The summed E-state index contributed by atoms with van der Waals surface area (Å²) in [6.07, 6.45) is 0. The molecule has 0 unspecified atom stereocenters. The Hall–Kier alpha value is -1.68. The molecule has 0 bridgehead atoms. The lowest BCUT2D eigenvalue weighted by Crippen LogP contribution is -2.19. The van der Waals surface area contributed by atoms with E-state index in [4.69, 9.17) is 0 Å². The van der Waals surface area contributed by atoms with Crippen LogP contribution in [0.15, 0.2) is 34.8 Å². The summed E-state index contributed by atoms with van der Waals surface area (Å²) in [5.74, 6) is -0.643. The molecule has 1 heterocycles. The number of carbonyl (C=O) groups excluding carboxylic acids is 2. The quantitative estimate of drug-likeness (QED) is 0.751. The van der Waals surface area contributed by atoms with Crippen LogP contribution in [0.1, 0.15) is 20.7 Å². The van der Waals surface area contributed by atoms with Gasteiger partial charge in [-0.25, -0.2) is 0 Å². The summed E-state index contributed by atoms with van der Waals surface area (Å²) in [6, 6.07) is 9.20. The van der Waals surface area contributed by atoms with E-state index in [9.17, 15) is 9.59 Å². The van der Waals surface area contributed by atoms with Crippen molar-refractivity contribution in [2.45, 2.75) is 0 Å². The molecule has 0 saturated heterocycles. The van der Waals surface area contributed by atoms with Crippen LogP contribution in [-0.2, 0) is 0 Å². The zero-order valence-electron chi connectivity index (χ0n) is 8.08. The number of rotatable bonds is 0. The lowest BCUT2D eigenvalue weighted by molar-refractivity contribution is 0.0880. The molecule has 0 aromatic heterocycles. The van der Waals surface area contributed by atoms with Gasteiger partial charge in [0.15, 0.2) is 0 Å². The molecule has 2 aromatic rings. The first-order valence-electron chi connectivity index (χ1n) is 4.75. The normalized spacial score (nSPS) is 14.1. The molecule has 1 aliphatic rings. The highest BCUT2D eigenvalue weighted by Gasteiger charge is 2.29. The fourth-order valence-electron chi connectivity index (χ4n) is 1.99. The summed E-state index contributed by atoms with van der Waals surface area (Å²) in [7, 11) is 0. The zero-order chi connectivity index (χ0) is 11.3. The first-order valence-corrected chi connectivity index (χ1v) is 5.54. The fraction of sp³-hybridized carbons (Fsp3) is 0. The molecule has 1 aliphatic heterocycles. The van der Waals surface area contributed by atoms with Crippen molar-refractivity contribution in [3.8, 4) is 0 Å². The molecule has 16 heavy (non-hydrogen) atoms. The molecule has 78 valence electrons. The van der Waals surface area contributed by atoms with E-state index in [-0.39, 0.29) is 11.8 Å². The van der Waals surface area contributed by atoms with Gasteiger partial charge >= 0.3 is 0 Å². The van der Waals surface area contributed by atoms with Crippen LogP contribution in [0.3, 0.4) is 0 Å². The Morgan fingerprint density at radius 3 is 2.44 bits per heavy atom. The number of hydrogen-bond acceptors (Lipinski definition) is 2. The molecule has 0 aliphatic carbocycles. The van der Waals surface area contributed by atoms with Gasteiger partial charge in [-0.05, 0) is 16.8 Å². The molecule has 3 rings (SSSR count). The molecule has 0 spiro atoms. The molecule has 1 N–H and O–H groups in total. The summed E-state index contributed by atoms with van der Waals surface area (Å²) in [4.78, 5) is 23.2. The van der Waals surface area contributed by atoms with Gasteiger partial charge in [-0.3, -0.25) is 14.9 Å². The number of amides is 2. The third kappa shape index (κ3) is 1.13. The summed E-state index contributed by atoms with van der Waals surface area (Å²) in [5, 5.41) is 4.04.